The van der Waals surface area contributed by atoms with Crippen LogP contribution in [-0.4, -0.2) is 16.7 Å². The van der Waals surface area contributed by atoms with Crippen molar-refractivity contribution in [2.45, 2.75) is 12.3 Å². The Morgan fingerprint density at radius 2 is 1.48 bits per heavy atom. The van der Waals surface area contributed by atoms with Crippen LogP contribution in [0.5, 0.6) is 11.5 Å². The largest absolute Gasteiger partial charge is 0.457 e. The van der Waals surface area contributed by atoms with Crippen LogP contribution in [0.2, 0.25) is 0 Å². The quantitative estimate of drug-likeness (QED) is 0.134. The molecule has 1 atom stereocenters. The summed E-state index contributed by atoms with van der Waals surface area (Å²) in [5.41, 5.74) is 9.99. The second-order valence-electron chi connectivity index (χ2n) is 13.1. The molecule has 0 N–H and O–H groups in total. The van der Waals surface area contributed by atoms with E-state index in [1.807, 2.05) is 37.3 Å². The number of allylic oxidation sites excluding steroid dienone is 5. The predicted molar refractivity (Wildman–Crippen MR) is 217 cm³/mol. The van der Waals surface area contributed by atoms with Crippen LogP contribution in [-0.2, 0) is 5.41 Å². The third kappa shape index (κ3) is 4.30. The molecule has 246 valence electrons. The van der Waals surface area contributed by atoms with Crippen LogP contribution in [0.25, 0.3) is 59.2 Å². The van der Waals surface area contributed by atoms with Gasteiger partial charge in [0, 0.05) is 26.8 Å². The van der Waals surface area contributed by atoms with Crippen molar-refractivity contribution >= 4 is 54.8 Å². The summed E-state index contributed by atoms with van der Waals surface area (Å²) in [6.45, 7) is 5.89. The van der Waals surface area contributed by atoms with Crippen LogP contribution in [0.15, 0.2) is 163 Å². The van der Waals surface area contributed by atoms with Gasteiger partial charge in [0.2, 0.25) is 0 Å². The number of rotatable bonds is 5. The van der Waals surface area contributed by atoms with Crippen LogP contribution in [0.1, 0.15) is 35.0 Å². The molecule has 1 unspecified atom stereocenters. The Balaban J connectivity index is 1.29. The van der Waals surface area contributed by atoms with Crippen molar-refractivity contribution in [3.05, 3.63) is 186 Å². The third-order valence-electron chi connectivity index (χ3n) is 10.4. The number of ether oxygens (including phenoxy) is 1. The topological polar surface area (TPSA) is 47.4 Å². The third-order valence-corrected chi connectivity index (χ3v) is 11.6. The lowest BCUT2D eigenvalue weighted by atomic mass is 9.65. The lowest BCUT2D eigenvalue weighted by Gasteiger charge is -2.39. The van der Waals surface area contributed by atoms with Gasteiger partial charge in [0.1, 0.15) is 17.2 Å². The van der Waals surface area contributed by atoms with Gasteiger partial charge in [0.25, 0.3) is 0 Å². The molecule has 10 rings (SSSR count). The molecule has 3 heterocycles. The molecule has 1 aliphatic heterocycles. The summed E-state index contributed by atoms with van der Waals surface area (Å²) < 4.78 is 8.97. The van der Waals surface area contributed by atoms with E-state index in [1.165, 1.54) is 33.0 Å². The van der Waals surface area contributed by atoms with Gasteiger partial charge in [-0.2, -0.15) is 0 Å². The molecule has 0 saturated heterocycles. The van der Waals surface area contributed by atoms with E-state index in [2.05, 4.69) is 139 Å². The molecular weight excluding hydrogens is 655 g/mol. The van der Waals surface area contributed by atoms with E-state index in [-0.39, 0.29) is 0 Å². The molecular formula is C47H31N3OS. The van der Waals surface area contributed by atoms with Crippen LogP contribution in [0.3, 0.4) is 0 Å². The van der Waals surface area contributed by atoms with Gasteiger partial charge >= 0.3 is 0 Å². The molecule has 1 aliphatic carbocycles. The highest BCUT2D eigenvalue weighted by Crippen LogP contribution is 2.63. The summed E-state index contributed by atoms with van der Waals surface area (Å²) in [6, 6.07) is 45.7. The lowest BCUT2D eigenvalue weighted by Crippen LogP contribution is -2.32. The Morgan fingerprint density at radius 3 is 2.37 bits per heavy atom. The second kappa shape index (κ2) is 11.8. The Hall–Kier alpha value is -6.43. The molecule has 0 saturated carbocycles. The first-order valence-electron chi connectivity index (χ1n) is 17.4. The highest BCUT2D eigenvalue weighted by molar-refractivity contribution is 7.26. The number of nitrogens with zero attached hydrogens (tertiary/aromatic N) is 3. The molecule has 2 aromatic heterocycles. The minimum absolute atomic E-state index is 0.531. The fourth-order valence-electron chi connectivity index (χ4n) is 8.24. The van der Waals surface area contributed by atoms with E-state index in [0.29, 0.717) is 11.5 Å². The van der Waals surface area contributed by atoms with Crippen LogP contribution in [0.4, 0.5) is 0 Å². The van der Waals surface area contributed by atoms with Crippen molar-refractivity contribution < 1.29 is 4.74 Å². The molecule has 5 heteroatoms. The van der Waals surface area contributed by atoms with E-state index in [0.717, 1.165) is 54.2 Å². The first-order valence-corrected chi connectivity index (χ1v) is 18.2. The van der Waals surface area contributed by atoms with Gasteiger partial charge < -0.3 is 4.74 Å². The Bertz CT molecular complexity index is 2880. The highest BCUT2D eigenvalue weighted by atomic mass is 32.1. The summed E-state index contributed by atoms with van der Waals surface area (Å²) in [6.07, 6.45) is 9.78. The summed E-state index contributed by atoms with van der Waals surface area (Å²) in [5, 5.41) is 3.57. The summed E-state index contributed by atoms with van der Waals surface area (Å²) in [7, 11) is 0. The lowest BCUT2D eigenvalue weighted by molar-refractivity contribution is 0.436. The Labute approximate surface area is 305 Å². The average molecular weight is 686 g/mol. The number of hydrogen-bond donors (Lipinski definition) is 0. The SMILES string of the molecule is C=N/C(=C/C=C\C=C/C)c1nc(-c2ccc3c(c2)C2(c4ccccc4O3)c3ccccc3-c3c2ccc2ccccc32)c2sc3ccccc3c2n1. The first kappa shape index (κ1) is 30.4. The van der Waals surface area contributed by atoms with E-state index >= 15 is 0 Å². The van der Waals surface area contributed by atoms with E-state index in [1.54, 1.807) is 11.3 Å². The van der Waals surface area contributed by atoms with Gasteiger partial charge in [-0.3, -0.25) is 4.99 Å². The van der Waals surface area contributed by atoms with Crippen LogP contribution >= 0.6 is 11.3 Å². The summed E-state index contributed by atoms with van der Waals surface area (Å²) >= 11 is 1.72. The smallest absolute Gasteiger partial charge is 0.179 e. The minimum atomic E-state index is -0.614. The molecule has 52 heavy (non-hydrogen) atoms. The van der Waals surface area contributed by atoms with Crippen molar-refractivity contribution in [1.29, 1.82) is 0 Å². The molecule has 4 nitrogen and oxygen atoms in total. The number of fused-ring (bicyclic) bond motifs is 14. The van der Waals surface area contributed by atoms with Gasteiger partial charge in [0.15, 0.2) is 5.82 Å². The maximum absolute atomic E-state index is 6.78. The summed E-state index contributed by atoms with van der Waals surface area (Å²) in [5.74, 6) is 2.23. The Kier molecular flexibility index (Phi) is 6.92. The monoisotopic (exact) mass is 685 g/mol. The van der Waals surface area contributed by atoms with Crippen molar-refractivity contribution in [2.75, 3.05) is 0 Å². The van der Waals surface area contributed by atoms with Crippen LogP contribution in [0, 0.1) is 0 Å². The zero-order valence-electron chi connectivity index (χ0n) is 28.4. The second-order valence-corrected chi connectivity index (χ2v) is 14.2. The molecule has 1 spiro atoms. The first-order chi connectivity index (χ1) is 25.7. The molecule has 2 aliphatic rings. The number of para-hydroxylation sites is 1. The van der Waals surface area contributed by atoms with Crippen molar-refractivity contribution in [3.63, 3.8) is 0 Å². The van der Waals surface area contributed by atoms with Gasteiger partial charge in [0.05, 0.1) is 21.3 Å². The zero-order chi connectivity index (χ0) is 34.8. The molecule has 6 aromatic carbocycles. The molecule has 0 amide bonds. The van der Waals surface area contributed by atoms with Gasteiger partial charge in [-0.1, -0.05) is 121 Å². The van der Waals surface area contributed by atoms with Gasteiger partial charge in [-0.05, 0) is 83.1 Å². The van der Waals surface area contributed by atoms with E-state index < -0.39 is 5.41 Å². The number of hydrogen-bond acceptors (Lipinski definition) is 5. The standard InChI is InChI=1S/C47H31N3OS/c1-3-4-5-6-21-38(48-2)46-49-43(45-44(50-46)33-18-10-14-23-41(33)52-45)30-25-27-40-37(28-30)47(35-20-12-13-22-39(35)51-40)34-19-11-9-17-32(34)42-31-16-8-7-15-29(31)24-26-36(42)47/h3-28H,2H2,1H3/b4-3-,6-5-,38-21+. The maximum atomic E-state index is 6.78. The maximum Gasteiger partial charge on any atom is 0.179 e. The molecule has 8 aromatic rings. The Morgan fingerprint density at radius 1 is 0.712 bits per heavy atom. The predicted octanol–water partition coefficient (Wildman–Crippen LogP) is 12.3. The number of aromatic nitrogens is 2. The molecule has 0 bridgehead atoms. The fourth-order valence-corrected chi connectivity index (χ4v) is 9.39. The molecule has 0 fully saturated rings. The number of thiophene rings is 1. The van der Waals surface area contributed by atoms with Gasteiger partial charge in [-0.15, -0.1) is 11.3 Å². The fraction of sp³-hybridized carbons (Fsp3) is 0.0426. The summed E-state index contributed by atoms with van der Waals surface area (Å²) in [4.78, 5) is 14.8. The van der Waals surface area contributed by atoms with Gasteiger partial charge in [-0.25, -0.2) is 9.97 Å². The molecule has 0 radical (unpaired) electrons. The van der Waals surface area contributed by atoms with Crippen molar-refractivity contribution in [3.8, 4) is 33.9 Å². The van der Waals surface area contributed by atoms with E-state index in [9.17, 15) is 0 Å². The number of aliphatic imine (C=N–C) groups is 1. The highest BCUT2D eigenvalue weighted by Gasteiger charge is 2.51. The van der Waals surface area contributed by atoms with E-state index in [4.69, 9.17) is 14.7 Å². The van der Waals surface area contributed by atoms with Crippen LogP contribution < -0.4 is 4.74 Å². The van der Waals surface area contributed by atoms with Crippen molar-refractivity contribution in [1.82, 2.24) is 9.97 Å². The average Bonchev–Trinajstić information content (AvgIpc) is 3.72. The zero-order valence-corrected chi connectivity index (χ0v) is 29.2. The number of benzene rings is 6. The normalized spacial score (nSPS) is 16.1. The van der Waals surface area contributed by atoms with Crippen molar-refractivity contribution in [2.24, 2.45) is 4.99 Å². The minimum Gasteiger partial charge on any atom is -0.457 e.